The first-order valence-electron chi connectivity index (χ1n) is 9.96. The molecule has 1 aliphatic rings. The van der Waals surface area contributed by atoms with E-state index in [-0.39, 0.29) is 11.8 Å². The minimum absolute atomic E-state index is 0.219. The van der Waals surface area contributed by atoms with Gasteiger partial charge in [0.15, 0.2) is 6.10 Å². The molecule has 1 unspecified atom stereocenters. The zero-order valence-corrected chi connectivity index (χ0v) is 16.8. The van der Waals surface area contributed by atoms with Crippen molar-refractivity contribution in [3.63, 3.8) is 0 Å². The van der Waals surface area contributed by atoms with Crippen LogP contribution in [0.15, 0.2) is 78.9 Å². The second-order valence-electron chi connectivity index (χ2n) is 7.35. The first-order valence-corrected chi connectivity index (χ1v) is 9.96. The molecule has 2 amide bonds. The Balaban J connectivity index is 1.52. The van der Waals surface area contributed by atoms with Gasteiger partial charge in [0.1, 0.15) is 5.75 Å². The van der Waals surface area contributed by atoms with Crippen molar-refractivity contribution in [3.05, 3.63) is 84.4 Å². The lowest BCUT2D eigenvalue weighted by Crippen LogP contribution is -2.34. The topological polar surface area (TPSA) is 80.3 Å². The molecular weight excluding hydrogens is 390 g/mol. The fourth-order valence-corrected chi connectivity index (χ4v) is 3.61. The third-order valence-electron chi connectivity index (χ3n) is 5.20. The number of benzene rings is 3. The summed E-state index contributed by atoms with van der Waals surface area (Å²) in [7, 11) is 0. The summed E-state index contributed by atoms with van der Waals surface area (Å²) < 4.78 is 5.58. The number of carbonyl (C=O) groups excluding carboxylic acids is 2. The Labute approximate surface area is 178 Å². The fraction of sp³-hybridized carbons (Fsp3) is 0.0800. The molecule has 5 rings (SSSR count). The van der Waals surface area contributed by atoms with Gasteiger partial charge in [-0.1, -0.05) is 48.5 Å². The van der Waals surface area contributed by atoms with Gasteiger partial charge in [-0.05, 0) is 37.3 Å². The van der Waals surface area contributed by atoms with Crippen molar-refractivity contribution in [3.8, 4) is 17.0 Å². The standard InChI is InChI=1S/C25H19N3O3/c1-15-24(29)28-22-13-17(11-12-23(22)31-15)26-25(30)19-14-21(16-7-3-2-4-8-16)27-20-10-6-5-9-18(19)20/h2-15H,1H3,(H,26,30)(H,28,29). The lowest BCUT2D eigenvalue weighted by molar-refractivity contribution is -0.122. The number of fused-ring (bicyclic) bond motifs is 2. The number of nitrogens with one attached hydrogen (secondary N) is 2. The van der Waals surface area contributed by atoms with Crippen molar-refractivity contribution in [1.29, 1.82) is 0 Å². The molecule has 2 heterocycles. The fourth-order valence-electron chi connectivity index (χ4n) is 3.61. The Bertz CT molecular complexity index is 1320. The highest BCUT2D eigenvalue weighted by Gasteiger charge is 2.24. The average molecular weight is 409 g/mol. The highest BCUT2D eigenvalue weighted by Crippen LogP contribution is 2.33. The first-order chi connectivity index (χ1) is 15.1. The van der Waals surface area contributed by atoms with E-state index in [0.717, 1.165) is 22.2 Å². The molecule has 2 N–H and O–H groups in total. The molecule has 1 aliphatic heterocycles. The second kappa shape index (κ2) is 7.57. The smallest absolute Gasteiger partial charge is 0.265 e. The molecule has 3 aromatic carbocycles. The number of carbonyl (C=O) groups is 2. The number of hydrogen-bond acceptors (Lipinski definition) is 4. The van der Waals surface area contributed by atoms with Crippen LogP contribution in [0, 0.1) is 0 Å². The Kier molecular flexibility index (Phi) is 4.59. The van der Waals surface area contributed by atoms with E-state index in [9.17, 15) is 9.59 Å². The maximum Gasteiger partial charge on any atom is 0.265 e. The monoisotopic (exact) mass is 409 g/mol. The molecule has 31 heavy (non-hydrogen) atoms. The van der Waals surface area contributed by atoms with Crippen LogP contribution in [0.3, 0.4) is 0 Å². The summed E-state index contributed by atoms with van der Waals surface area (Å²) in [4.78, 5) is 29.9. The lowest BCUT2D eigenvalue weighted by atomic mass is 10.0. The van der Waals surface area contributed by atoms with Gasteiger partial charge in [0.2, 0.25) is 0 Å². The first kappa shape index (κ1) is 18.8. The molecule has 0 bridgehead atoms. The molecule has 0 aliphatic carbocycles. The molecule has 0 spiro atoms. The number of amides is 2. The molecule has 6 heteroatoms. The van der Waals surface area contributed by atoms with Crippen LogP contribution in [0.25, 0.3) is 22.2 Å². The van der Waals surface area contributed by atoms with Crippen LogP contribution < -0.4 is 15.4 Å². The van der Waals surface area contributed by atoms with Crippen LogP contribution in [0.1, 0.15) is 17.3 Å². The van der Waals surface area contributed by atoms with Crippen LogP contribution in [-0.4, -0.2) is 22.9 Å². The van der Waals surface area contributed by atoms with Crippen molar-refractivity contribution in [1.82, 2.24) is 4.98 Å². The van der Waals surface area contributed by atoms with Gasteiger partial charge in [0.25, 0.3) is 11.8 Å². The molecule has 6 nitrogen and oxygen atoms in total. The molecule has 0 fully saturated rings. The number of ether oxygens (including phenoxy) is 1. The molecule has 4 aromatic rings. The Morgan fingerprint density at radius 2 is 1.77 bits per heavy atom. The summed E-state index contributed by atoms with van der Waals surface area (Å²) >= 11 is 0. The van der Waals surface area contributed by atoms with Gasteiger partial charge in [-0.15, -0.1) is 0 Å². The number of aromatic nitrogens is 1. The quantitative estimate of drug-likeness (QED) is 0.506. The van der Waals surface area contributed by atoms with Gasteiger partial charge in [-0.25, -0.2) is 4.98 Å². The van der Waals surface area contributed by atoms with E-state index < -0.39 is 6.10 Å². The predicted molar refractivity (Wildman–Crippen MR) is 120 cm³/mol. The molecule has 1 aromatic heterocycles. The Morgan fingerprint density at radius 3 is 2.61 bits per heavy atom. The van der Waals surface area contributed by atoms with Crippen LogP contribution >= 0.6 is 0 Å². The minimum Gasteiger partial charge on any atom is -0.479 e. The molecule has 0 radical (unpaired) electrons. The van der Waals surface area contributed by atoms with Crippen molar-refractivity contribution in [2.24, 2.45) is 0 Å². The van der Waals surface area contributed by atoms with Crippen molar-refractivity contribution >= 4 is 34.1 Å². The highest BCUT2D eigenvalue weighted by atomic mass is 16.5. The molecule has 0 saturated heterocycles. The van der Waals surface area contributed by atoms with Crippen molar-refractivity contribution in [2.45, 2.75) is 13.0 Å². The third-order valence-corrected chi connectivity index (χ3v) is 5.20. The minimum atomic E-state index is -0.549. The summed E-state index contributed by atoms with van der Waals surface area (Å²) in [6.07, 6.45) is -0.549. The van der Waals surface area contributed by atoms with Crippen LogP contribution in [0.4, 0.5) is 11.4 Å². The zero-order chi connectivity index (χ0) is 21.4. The van der Waals surface area contributed by atoms with E-state index in [1.807, 2.05) is 54.6 Å². The number of pyridine rings is 1. The second-order valence-corrected chi connectivity index (χ2v) is 7.35. The van der Waals surface area contributed by atoms with Crippen LogP contribution in [0.2, 0.25) is 0 Å². The number of nitrogens with zero attached hydrogens (tertiary/aromatic N) is 1. The van der Waals surface area contributed by atoms with E-state index in [4.69, 9.17) is 9.72 Å². The van der Waals surface area contributed by atoms with Crippen LogP contribution in [-0.2, 0) is 4.79 Å². The maximum absolute atomic E-state index is 13.2. The van der Waals surface area contributed by atoms with E-state index in [1.165, 1.54) is 0 Å². The van der Waals surface area contributed by atoms with E-state index in [1.54, 1.807) is 31.2 Å². The largest absolute Gasteiger partial charge is 0.479 e. The summed E-state index contributed by atoms with van der Waals surface area (Å²) in [5, 5.41) is 6.50. The van der Waals surface area contributed by atoms with Gasteiger partial charge in [-0.3, -0.25) is 9.59 Å². The Morgan fingerprint density at radius 1 is 1.00 bits per heavy atom. The van der Waals surface area contributed by atoms with Gasteiger partial charge < -0.3 is 15.4 Å². The van der Waals surface area contributed by atoms with E-state index in [0.29, 0.717) is 22.7 Å². The van der Waals surface area contributed by atoms with E-state index >= 15 is 0 Å². The number of rotatable bonds is 3. The van der Waals surface area contributed by atoms with Gasteiger partial charge in [0.05, 0.1) is 22.5 Å². The average Bonchev–Trinajstić information content (AvgIpc) is 2.80. The zero-order valence-electron chi connectivity index (χ0n) is 16.8. The van der Waals surface area contributed by atoms with Crippen molar-refractivity contribution < 1.29 is 14.3 Å². The summed E-state index contributed by atoms with van der Waals surface area (Å²) in [6.45, 7) is 1.69. The summed E-state index contributed by atoms with van der Waals surface area (Å²) in [5.74, 6) is 0.0987. The highest BCUT2D eigenvalue weighted by molar-refractivity contribution is 6.13. The predicted octanol–water partition coefficient (Wildman–Crippen LogP) is 4.87. The molecule has 1 atom stereocenters. The maximum atomic E-state index is 13.2. The normalized spacial score (nSPS) is 15.0. The Hall–Kier alpha value is -4.19. The third kappa shape index (κ3) is 3.59. The number of hydrogen-bond donors (Lipinski definition) is 2. The SMILES string of the molecule is CC1Oc2ccc(NC(=O)c3cc(-c4ccccc4)nc4ccccc34)cc2NC1=O. The van der Waals surface area contributed by atoms with Gasteiger partial charge in [0, 0.05) is 16.6 Å². The summed E-state index contributed by atoms with van der Waals surface area (Å²) in [6, 6.07) is 24.3. The molecule has 0 saturated carbocycles. The van der Waals surface area contributed by atoms with Gasteiger partial charge in [-0.2, -0.15) is 0 Å². The lowest BCUT2D eigenvalue weighted by Gasteiger charge is -2.23. The number of para-hydroxylation sites is 1. The number of anilines is 2. The van der Waals surface area contributed by atoms with Crippen molar-refractivity contribution in [2.75, 3.05) is 10.6 Å². The van der Waals surface area contributed by atoms with Crippen LogP contribution in [0.5, 0.6) is 5.75 Å². The van der Waals surface area contributed by atoms with E-state index in [2.05, 4.69) is 10.6 Å². The molecule has 152 valence electrons. The molecular formula is C25H19N3O3. The summed E-state index contributed by atoms with van der Waals surface area (Å²) in [5.41, 5.74) is 4.02. The van der Waals surface area contributed by atoms with Gasteiger partial charge >= 0.3 is 0 Å².